The Morgan fingerprint density at radius 3 is 2.57 bits per heavy atom. The maximum absolute atomic E-state index is 11.5. The molecule has 1 aliphatic heterocycles. The number of hydrogen-bond donors (Lipinski definition) is 3. The minimum atomic E-state index is -1.02. The number of aromatic nitrogens is 2. The maximum Gasteiger partial charge on any atom is 0.336 e. The maximum atomic E-state index is 11.5. The molecule has 8 heteroatoms. The largest absolute Gasteiger partial charge is 0.478 e. The number of anilines is 1. The summed E-state index contributed by atoms with van der Waals surface area (Å²) in [6.45, 7) is 3.24. The van der Waals surface area contributed by atoms with Crippen molar-refractivity contribution in [3.8, 4) is 11.8 Å². The Balaban J connectivity index is 1.57. The van der Waals surface area contributed by atoms with Gasteiger partial charge in [0.1, 0.15) is 5.75 Å². The highest BCUT2D eigenvalue weighted by Gasteiger charge is 2.24. The molecule has 0 radical (unpaired) electrons. The first-order valence-corrected chi connectivity index (χ1v) is 9.56. The number of nitrogens with zero attached hydrogens (tertiary/aromatic N) is 1. The van der Waals surface area contributed by atoms with Gasteiger partial charge in [-0.05, 0) is 43.2 Å². The molecular weight excluding hydrogens is 406 g/mol. The van der Waals surface area contributed by atoms with Crippen LogP contribution in [-0.2, 0) is 0 Å². The first-order chi connectivity index (χ1) is 14.3. The SMILES string of the molecule is CC(=O)c1ccc(C2Nc3nc(Oc4ccc(C)c(C(=O)O)c4)[nH]c3C=C2Cl)cc1. The highest BCUT2D eigenvalue weighted by molar-refractivity contribution is 6.32. The predicted molar refractivity (Wildman–Crippen MR) is 113 cm³/mol. The molecule has 1 atom stereocenters. The van der Waals surface area contributed by atoms with Gasteiger partial charge in [0.15, 0.2) is 11.6 Å². The number of aryl methyl sites for hydroxylation is 1. The quantitative estimate of drug-likeness (QED) is 0.490. The van der Waals surface area contributed by atoms with Crippen LogP contribution in [0.2, 0.25) is 0 Å². The Labute approximate surface area is 177 Å². The summed E-state index contributed by atoms with van der Waals surface area (Å²) in [6.07, 6.45) is 1.76. The molecule has 0 saturated heterocycles. The van der Waals surface area contributed by atoms with E-state index in [2.05, 4.69) is 15.3 Å². The summed E-state index contributed by atoms with van der Waals surface area (Å²) in [5.41, 5.74) is 2.98. The summed E-state index contributed by atoms with van der Waals surface area (Å²) in [6, 6.07) is 11.9. The second kappa shape index (κ2) is 7.68. The number of aromatic carboxylic acids is 1. The van der Waals surface area contributed by atoms with Crippen molar-refractivity contribution in [2.75, 3.05) is 5.32 Å². The van der Waals surface area contributed by atoms with Crippen molar-refractivity contribution in [3.63, 3.8) is 0 Å². The lowest BCUT2D eigenvalue weighted by Crippen LogP contribution is -2.15. The molecule has 1 aromatic heterocycles. The van der Waals surface area contributed by atoms with Crippen molar-refractivity contribution in [2.45, 2.75) is 19.9 Å². The standard InChI is InChI=1S/C22H18ClN3O4/c1-11-3-8-15(9-16(11)21(28)29)30-22-24-18-10-17(23)19(25-20(18)26-22)14-6-4-13(5-7-14)12(2)27/h3-10,19,25H,1-2H3,(H,24,26)(H,28,29). The first kappa shape index (κ1) is 19.7. The average molecular weight is 424 g/mol. The Hall–Kier alpha value is -3.58. The molecule has 1 unspecified atom stereocenters. The van der Waals surface area contributed by atoms with Crippen LogP contribution in [0.3, 0.4) is 0 Å². The molecule has 0 aliphatic carbocycles. The van der Waals surface area contributed by atoms with Gasteiger partial charge in [0.05, 0.1) is 17.3 Å². The number of carbonyl (C=O) groups excluding carboxylic acids is 1. The summed E-state index contributed by atoms with van der Waals surface area (Å²) < 4.78 is 5.72. The topological polar surface area (TPSA) is 104 Å². The highest BCUT2D eigenvalue weighted by Crippen LogP contribution is 2.37. The fourth-order valence-electron chi connectivity index (χ4n) is 3.21. The molecule has 4 rings (SSSR count). The number of ketones is 1. The molecule has 0 amide bonds. The molecule has 7 nitrogen and oxygen atoms in total. The van der Waals surface area contributed by atoms with Crippen LogP contribution < -0.4 is 10.1 Å². The minimum absolute atomic E-state index is 0.00154. The van der Waals surface area contributed by atoms with Gasteiger partial charge in [-0.25, -0.2) is 4.79 Å². The molecule has 152 valence electrons. The third-order valence-electron chi connectivity index (χ3n) is 4.85. The van der Waals surface area contributed by atoms with E-state index in [1.807, 2.05) is 12.1 Å². The molecule has 3 N–H and O–H groups in total. The predicted octanol–water partition coefficient (Wildman–Crippen LogP) is 5.16. The highest BCUT2D eigenvalue weighted by atomic mass is 35.5. The van der Waals surface area contributed by atoms with E-state index >= 15 is 0 Å². The van der Waals surface area contributed by atoms with E-state index in [0.29, 0.717) is 33.4 Å². The van der Waals surface area contributed by atoms with E-state index in [4.69, 9.17) is 16.3 Å². The fourth-order valence-corrected chi connectivity index (χ4v) is 3.50. The number of ether oxygens (including phenoxy) is 1. The van der Waals surface area contributed by atoms with E-state index < -0.39 is 5.97 Å². The van der Waals surface area contributed by atoms with Gasteiger partial charge in [-0.1, -0.05) is 41.9 Å². The van der Waals surface area contributed by atoms with Gasteiger partial charge in [0.2, 0.25) is 0 Å². The first-order valence-electron chi connectivity index (χ1n) is 9.18. The third-order valence-corrected chi connectivity index (χ3v) is 5.18. The minimum Gasteiger partial charge on any atom is -0.478 e. The number of H-pyrrole nitrogens is 1. The number of carboxylic acid groups (broad SMARTS) is 1. The molecule has 0 bridgehead atoms. The van der Waals surface area contributed by atoms with Crippen molar-refractivity contribution < 1.29 is 19.4 Å². The van der Waals surface area contributed by atoms with Crippen molar-refractivity contribution >= 4 is 35.2 Å². The Morgan fingerprint density at radius 2 is 1.90 bits per heavy atom. The van der Waals surface area contributed by atoms with Crippen LogP contribution in [0, 0.1) is 6.92 Å². The second-order valence-corrected chi connectivity index (χ2v) is 7.41. The molecule has 1 aliphatic rings. The van der Waals surface area contributed by atoms with Gasteiger partial charge in [0.25, 0.3) is 0 Å². The van der Waals surface area contributed by atoms with E-state index in [0.717, 1.165) is 5.56 Å². The lowest BCUT2D eigenvalue weighted by atomic mass is 10.0. The molecule has 2 heterocycles. The number of carboxylic acids is 1. The molecule has 0 saturated carbocycles. The number of benzene rings is 2. The molecule has 0 fully saturated rings. The molecule has 0 spiro atoms. The summed E-state index contributed by atoms with van der Waals surface area (Å²) in [5, 5.41) is 13.1. The van der Waals surface area contributed by atoms with Crippen molar-refractivity contribution in [1.82, 2.24) is 9.97 Å². The number of fused-ring (bicyclic) bond motifs is 1. The van der Waals surface area contributed by atoms with Crippen LogP contribution in [0.15, 0.2) is 47.5 Å². The summed E-state index contributed by atoms with van der Waals surface area (Å²) in [4.78, 5) is 30.2. The van der Waals surface area contributed by atoms with Gasteiger partial charge >= 0.3 is 12.0 Å². The number of rotatable bonds is 5. The van der Waals surface area contributed by atoms with E-state index in [1.54, 1.807) is 37.3 Å². The van der Waals surface area contributed by atoms with Gasteiger partial charge in [0, 0.05) is 10.6 Å². The van der Waals surface area contributed by atoms with E-state index in [9.17, 15) is 14.7 Å². The Morgan fingerprint density at radius 1 is 1.17 bits per heavy atom. The zero-order valence-electron chi connectivity index (χ0n) is 16.2. The summed E-state index contributed by atoms with van der Waals surface area (Å²) >= 11 is 6.47. The molecular formula is C22H18ClN3O4. The lowest BCUT2D eigenvalue weighted by Gasteiger charge is -2.22. The van der Waals surface area contributed by atoms with Crippen molar-refractivity contribution in [1.29, 1.82) is 0 Å². The molecule has 2 aromatic carbocycles. The smallest absolute Gasteiger partial charge is 0.336 e. The summed E-state index contributed by atoms with van der Waals surface area (Å²) in [5.74, 6) is -0.110. The van der Waals surface area contributed by atoms with Gasteiger partial charge in [-0.3, -0.25) is 4.79 Å². The number of aromatic amines is 1. The van der Waals surface area contributed by atoms with E-state index in [1.165, 1.54) is 13.0 Å². The van der Waals surface area contributed by atoms with Crippen LogP contribution >= 0.6 is 11.6 Å². The normalized spacial score (nSPS) is 15.0. The van der Waals surface area contributed by atoms with Gasteiger partial charge < -0.3 is 20.1 Å². The number of halogens is 1. The number of nitrogens with one attached hydrogen (secondary N) is 2. The van der Waals surface area contributed by atoms with Crippen LogP contribution in [0.5, 0.6) is 11.8 Å². The second-order valence-electron chi connectivity index (χ2n) is 6.97. The Bertz CT molecular complexity index is 1180. The summed E-state index contributed by atoms with van der Waals surface area (Å²) in [7, 11) is 0. The number of carbonyl (C=O) groups is 2. The van der Waals surface area contributed by atoms with Gasteiger partial charge in [-0.2, -0.15) is 4.98 Å². The number of imidazole rings is 1. The van der Waals surface area contributed by atoms with Crippen LogP contribution in [0.25, 0.3) is 6.08 Å². The van der Waals surface area contributed by atoms with E-state index in [-0.39, 0.29) is 23.4 Å². The number of Topliss-reactive ketones (excluding diaryl/α,β-unsaturated/α-hetero) is 1. The monoisotopic (exact) mass is 423 g/mol. The molecule has 30 heavy (non-hydrogen) atoms. The fraction of sp³-hybridized carbons (Fsp3) is 0.136. The Kier molecular flexibility index (Phi) is 5.05. The van der Waals surface area contributed by atoms with Gasteiger partial charge in [-0.15, -0.1) is 0 Å². The van der Waals surface area contributed by atoms with Crippen molar-refractivity contribution in [3.05, 3.63) is 75.4 Å². The van der Waals surface area contributed by atoms with Crippen LogP contribution in [-0.4, -0.2) is 26.8 Å². The van der Waals surface area contributed by atoms with Crippen LogP contribution in [0.1, 0.15) is 50.5 Å². The zero-order chi connectivity index (χ0) is 21.4. The lowest BCUT2D eigenvalue weighted by molar-refractivity contribution is 0.0695. The zero-order valence-corrected chi connectivity index (χ0v) is 16.9. The number of hydrogen-bond acceptors (Lipinski definition) is 5. The van der Waals surface area contributed by atoms with Crippen LogP contribution in [0.4, 0.5) is 5.82 Å². The average Bonchev–Trinajstić information content (AvgIpc) is 3.09. The third kappa shape index (κ3) is 3.79. The van der Waals surface area contributed by atoms with Crippen molar-refractivity contribution in [2.24, 2.45) is 0 Å². The molecule has 3 aromatic rings.